The van der Waals surface area contributed by atoms with Gasteiger partial charge < -0.3 is 5.40 Å². The number of aryl methyl sites for hydroxylation is 1. The maximum atomic E-state index is 6.23. The Morgan fingerprint density at radius 2 is 2.17 bits per heavy atom. The molecule has 0 spiro atoms. The van der Waals surface area contributed by atoms with Gasteiger partial charge in [0.1, 0.15) is 0 Å². The zero-order valence-corrected chi connectivity index (χ0v) is 9.23. The van der Waals surface area contributed by atoms with Gasteiger partial charge in [0, 0.05) is 0 Å². The zero-order valence-electron chi connectivity index (χ0n) is 7.47. The average molecular weight is 200 g/mol. The third-order valence-electron chi connectivity index (χ3n) is 2.01. The summed E-state index contributed by atoms with van der Waals surface area (Å²) in [6.45, 7) is 4.10. The fourth-order valence-corrected chi connectivity index (χ4v) is 2.71. The Balaban J connectivity index is 3.03. The Hall–Kier alpha value is -0.313. The molecule has 1 atom stereocenters. The molecule has 2 N–H and O–H groups in total. The molecule has 66 valence electrons. The minimum absolute atomic E-state index is 0.873. The summed E-state index contributed by atoms with van der Waals surface area (Å²) in [6.07, 6.45) is 0. The number of rotatable bonds is 2. The van der Waals surface area contributed by atoms with E-state index >= 15 is 0 Å². The molecule has 0 bridgehead atoms. The summed E-state index contributed by atoms with van der Waals surface area (Å²) in [6, 6.07) is 9.05. The summed E-state index contributed by atoms with van der Waals surface area (Å²) in [7, 11) is -2.11. The molecule has 0 fully saturated rings. The van der Waals surface area contributed by atoms with Crippen LogP contribution < -0.4 is 10.6 Å². The number of halogens is 1. The van der Waals surface area contributed by atoms with Crippen LogP contribution in [0.3, 0.4) is 0 Å². The van der Waals surface area contributed by atoms with Crippen LogP contribution in [0.4, 0.5) is 0 Å². The fourth-order valence-electron chi connectivity index (χ4n) is 1.11. The summed E-state index contributed by atoms with van der Waals surface area (Å²) in [5.74, 6) is 0. The molecule has 0 amide bonds. The Labute approximate surface area is 79.3 Å². The van der Waals surface area contributed by atoms with Crippen molar-refractivity contribution in [1.82, 2.24) is 0 Å². The molecule has 0 radical (unpaired) electrons. The Morgan fingerprint density at radius 3 is 2.67 bits per heavy atom. The monoisotopic (exact) mass is 199 g/mol. The van der Waals surface area contributed by atoms with Gasteiger partial charge in [-0.1, -0.05) is 36.8 Å². The molecule has 1 aromatic carbocycles. The fraction of sp³-hybridized carbons (Fsp3) is 0.333. The van der Waals surface area contributed by atoms with Gasteiger partial charge >= 0.3 is 0 Å². The summed E-state index contributed by atoms with van der Waals surface area (Å²) in [5, 5.41) is 7.14. The normalized spacial score (nSPS) is 15.7. The molecule has 1 aromatic rings. The molecule has 0 heterocycles. The first-order valence-corrected chi connectivity index (χ1v) is 7.41. The minimum Gasteiger partial charge on any atom is -0.335 e. The molecule has 1 nitrogen and oxygen atoms in total. The summed E-state index contributed by atoms with van der Waals surface area (Å²) in [5.41, 5.74) is 1.23. The number of benzene rings is 1. The van der Waals surface area contributed by atoms with Gasteiger partial charge in [0.25, 0.3) is 7.55 Å². The van der Waals surface area contributed by atoms with E-state index in [9.17, 15) is 0 Å². The molecule has 0 aliphatic carbocycles. The highest BCUT2D eigenvalue weighted by molar-refractivity contribution is 7.25. The van der Waals surface area contributed by atoms with Crippen molar-refractivity contribution in [3.05, 3.63) is 29.8 Å². The van der Waals surface area contributed by atoms with E-state index in [-0.39, 0.29) is 0 Å². The van der Waals surface area contributed by atoms with Crippen LogP contribution in [0.15, 0.2) is 24.3 Å². The Kier molecular flexibility index (Phi) is 2.93. The lowest BCUT2D eigenvalue weighted by atomic mass is 10.2. The van der Waals surface area contributed by atoms with Gasteiger partial charge in [0.2, 0.25) is 0 Å². The highest BCUT2D eigenvalue weighted by Gasteiger charge is 2.25. The summed E-state index contributed by atoms with van der Waals surface area (Å²) in [4.78, 5) is 0. The van der Waals surface area contributed by atoms with Crippen molar-refractivity contribution >= 4 is 23.8 Å². The molecular formula is C9H14ClNSi. The van der Waals surface area contributed by atoms with Crippen LogP contribution >= 0.6 is 11.1 Å². The molecular weight excluding hydrogens is 186 g/mol. The second-order valence-corrected chi connectivity index (χ2v) is 8.12. The molecule has 1 unspecified atom stereocenters. The topological polar surface area (TPSA) is 26.0 Å². The Bertz CT molecular complexity index is 273. The van der Waals surface area contributed by atoms with Crippen LogP contribution in [0.5, 0.6) is 0 Å². The average Bonchev–Trinajstić information content (AvgIpc) is 2.05. The van der Waals surface area contributed by atoms with Gasteiger partial charge in [-0.15, -0.1) is 11.1 Å². The summed E-state index contributed by atoms with van der Waals surface area (Å²) < 4.78 is 0. The van der Waals surface area contributed by atoms with Crippen LogP contribution in [0, 0.1) is 6.92 Å². The van der Waals surface area contributed by atoms with Crippen molar-refractivity contribution in [1.29, 1.82) is 0 Å². The molecule has 0 saturated carbocycles. The SMILES string of the molecule is CC[Si](N)(Cl)c1cccc(C)c1. The summed E-state index contributed by atoms with van der Waals surface area (Å²) >= 11 is 6.23. The lowest BCUT2D eigenvalue weighted by molar-refractivity contribution is 1.38. The van der Waals surface area contributed by atoms with Gasteiger partial charge in [-0.3, -0.25) is 0 Å². The van der Waals surface area contributed by atoms with E-state index in [0.29, 0.717) is 0 Å². The smallest absolute Gasteiger partial charge is 0.254 e. The van der Waals surface area contributed by atoms with E-state index in [2.05, 4.69) is 19.1 Å². The van der Waals surface area contributed by atoms with Crippen LogP contribution in [0.1, 0.15) is 12.5 Å². The van der Waals surface area contributed by atoms with E-state index in [1.165, 1.54) is 5.56 Å². The van der Waals surface area contributed by atoms with Gasteiger partial charge in [-0.05, 0) is 18.2 Å². The lowest BCUT2D eigenvalue weighted by Gasteiger charge is -2.17. The standard InChI is InChI=1S/C9H14ClNSi/c1-3-12(10,11)9-6-4-5-8(2)7-9/h4-7H,3,11H2,1-2H3. The number of hydrogen-bond acceptors (Lipinski definition) is 1. The highest BCUT2D eigenvalue weighted by atomic mass is 35.6. The van der Waals surface area contributed by atoms with Crippen molar-refractivity contribution in [2.75, 3.05) is 0 Å². The van der Waals surface area contributed by atoms with E-state index in [4.69, 9.17) is 16.5 Å². The lowest BCUT2D eigenvalue weighted by Crippen LogP contribution is -2.51. The van der Waals surface area contributed by atoms with Gasteiger partial charge in [0.15, 0.2) is 0 Å². The zero-order chi connectivity index (χ0) is 9.19. The molecule has 0 saturated heterocycles. The second-order valence-electron chi connectivity index (χ2n) is 3.09. The van der Waals surface area contributed by atoms with Crippen molar-refractivity contribution in [3.63, 3.8) is 0 Å². The quantitative estimate of drug-likeness (QED) is 0.571. The van der Waals surface area contributed by atoms with Crippen molar-refractivity contribution in [2.24, 2.45) is 5.40 Å². The minimum atomic E-state index is -2.11. The predicted octanol–water partition coefficient (Wildman–Crippen LogP) is 1.86. The second kappa shape index (κ2) is 3.60. The first-order valence-electron chi connectivity index (χ1n) is 4.11. The van der Waals surface area contributed by atoms with Gasteiger partial charge in [0.05, 0.1) is 0 Å². The van der Waals surface area contributed by atoms with E-state index in [0.717, 1.165) is 11.2 Å². The third kappa shape index (κ3) is 2.09. The molecule has 3 heteroatoms. The van der Waals surface area contributed by atoms with Crippen LogP contribution in [0.25, 0.3) is 0 Å². The number of hydrogen-bond donors (Lipinski definition) is 1. The highest BCUT2D eigenvalue weighted by Crippen LogP contribution is 2.08. The molecule has 0 aliphatic rings. The van der Waals surface area contributed by atoms with Gasteiger partial charge in [-0.25, -0.2) is 0 Å². The third-order valence-corrected chi connectivity index (χ3v) is 5.77. The molecule has 1 rings (SSSR count). The molecule has 0 aromatic heterocycles. The van der Waals surface area contributed by atoms with Gasteiger partial charge in [-0.2, -0.15) is 0 Å². The number of nitrogens with two attached hydrogens (primary N) is 1. The van der Waals surface area contributed by atoms with Crippen LogP contribution in [-0.4, -0.2) is 7.55 Å². The predicted molar refractivity (Wildman–Crippen MR) is 57.1 cm³/mol. The maximum Gasteiger partial charge on any atom is 0.254 e. The molecule has 12 heavy (non-hydrogen) atoms. The van der Waals surface area contributed by atoms with E-state index in [1.807, 2.05) is 19.1 Å². The first kappa shape index (κ1) is 9.77. The van der Waals surface area contributed by atoms with E-state index < -0.39 is 7.55 Å². The molecule has 0 aliphatic heterocycles. The van der Waals surface area contributed by atoms with Crippen molar-refractivity contribution in [2.45, 2.75) is 19.9 Å². The Morgan fingerprint density at radius 1 is 1.50 bits per heavy atom. The van der Waals surface area contributed by atoms with Crippen LogP contribution in [-0.2, 0) is 0 Å². The largest absolute Gasteiger partial charge is 0.335 e. The van der Waals surface area contributed by atoms with Crippen molar-refractivity contribution < 1.29 is 0 Å². The first-order chi connectivity index (χ1) is 5.56. The van der Waals surface area contributed by atoms with E-state index in [1.54, 1.807) is 0 Å². The van der Waals surface area contributed by atoms with Crippen LogP contribution in [0.2, 0.25) is 6.04 Å². The maximum absolute atomic E-state index is 6.23. The van der Waals surface area contributed by atoms with Crippen molar-refractivity contribution in [3.8, 4) is 0 Å².